The molecule has 0 spiro atoms. The maximum atomic E-state index is 6.27. The summed E-state index contributed by atoms with van der Waals surface area (Å²) in [5, 5.41) is 2.83. The van der Waals surface area contributed by atoms with Gasteiger partial charge in [0.1, 0.15) is 13.2 Å². The monoisotopic (exact) mass is 284 g/mol. The molecule has 0 aliphatic carbocycles. The van der Waals surface area contributed by atoms with Crippen LogP contribution in [0.2, 0.25) is 5.02 Å². The zero-order valence-electron chi connectivity index (χ0n) is 11.9. The summed E-state index contributed by atoms with van der Waals surface area (Å²) in [5.74, 6) is 1.29. The zero-order valence-corrected chi connectivity index (χ0v) is 12.7. The minimum absolute atomic E-state index is 0.414. The van der Waals surface area contributed by atoms with Crippen LogP contribution in [-0.4, -0.2) is 19.3 Å². The van der Waals surface area contributed by atoms with E-state index >= 15 is 0 Å². The van der Waals surface area contributed by atoms with Gasteiger partial charge in [-0.05, 0) is 32.9 Å². The van der Waals surface area contributed by atoms with Gasteiger partial charge in [-0.15, -0.1) is 0 Å². The minimum atomic E-state index is 0.414. The maximum absolute atomic E-state index is 6.27. The molecule has 0 aromatic heterocycles. The summed E-state index contributed by atoms with van der Waals surface area (Å²) in [6.45, 7) is 11.8. The van der Waals surface area contributed by atoms with Gasteiger partial charge < -0.3 is 14.8 Å². The number of hydrogen-bond acceptors (Lipinski definition) is 2. The Bertz CT molecular complexity index is 419. The number of hydrogen-bond donors (Lipinski definition) is 1. The lowest BCUT2D eigenvalue weighted by Crippen LogP contribution is -2.86. The first-order valence-corrected chi connectivity index (χ1v) is 6.98. The first kappa shape index (κ1) is 15.9. The standard InChI is InChI=1S/C15H22ClNO2/c1-5-7-19-15-13(16)8-12(10-17-11(3)4)9-14(15)18-6-2/h5,8-9,11,17H,1,6-7,10H2,2-4H3/p+1. The first-order chi connectivity index (χ1) is 9.08. The van der Waals surface area contributed by atoms with E-state index in [0.717, 1.165) is 12.1 Å². The summed E-state index contributed by atoms with van der Waals surface area (Å²) < 4.78 is 11.2. The fourth-order valence-corrected chi connectivity index (χ4v) is 1.94. The molecule has 3 nitrogen and oxygen atoms in total. The van der Waals surface area contributed by atoms with Crippen LogP contribution in [0.3, 0.4) is 0 Å². The SMILES string of the molecule is C=CCOc1c(Cl)cc(C[NH2+]C(C)C)cc1OCC. The van der Waals surface area contributed by atoms with Crippen molar-refractivity contribution < 1.29 is 14.8 Å². The lowest BCUT2D eigenvalue weighted by molar-refractivity contribution is -0.698. The molecule has 0 fully saturated rings. The highest BCUT2D eigenvalue weighted by molar-refractivity contribution is 6.32. The van der Waals surface area contributed by atoms with Gasteiger partial charge in [0, 0.05) is 5.56 Å². The molecule has 0 unspecified atom stereocenters. The fourth-order valence-electron chi connectivity index (χ4n) is 1.66. The van der Waals surface area contributed by atoms with Crippen molar-refractivity contribution in [3.63, 3.8) is 0 Å². The highest BCUT2D eigenvalue weighted by Gasteiger charge is 2.13. The molecular formula is C15H23ClNO2+. The topological polar surface area (TPSA) is 35.1 Å². The highest BCUT2D eigenvalue weighted by atomic mass is 35.5. The van der Waals surface area contributed by atoms with E-state index in [1.165, 1.54) is 0 Å². The Hall–Kier alpha value is -1.19. The van der Waals surface area contributed by atoms with Crippen LogP contribution in [0, 0.1) is 0 Å². The Balaban J connectivity index is 2.95. The van der Waals surface area contributed by atoms with Gasteiger partial charge in [0.2, 0.25) is 0 Å². The second-order valence-corrected chi connectivity index (χ2v) is 5.03. The largest absolute Gasteiger partial charge is 0.490 e. The van der Waals surface area contributed by atoms with Gasteiger partial charge in [0.05, 0.1) is 17.7 Å². The molecule has 0 saturated carbocycles. The van der Waals surface area contributed by atoms with Crippen molar-refractivity contribution in [1.29, 1.82) is 0 Å². The van der Waals surface area contributed by atoms with E-state index < -0.39 is 0 Å². The summed E-state index contributed by atoms with van der Waals surface area (Å²) in [6.07, 6.45) is 1.69. The average Bonchev–Trinajstić information content (AvgIpc) is 2.36. The van der Waals surface area contributed by atoms with Crippen molar-refractivity contribution in [3.8, 4) is 11.5 Å². The molecule has 0 aliphatic heterocycles. The van der Waals surface area contributed by atoms with E-state index in [0.29, 0.717) is 35.8 Å². The third-order valence-corrected chi connectivity index (χ3v) is 2.82. The Labute approximate surface area is 120 Å². The fraction of sp³-hybridized carbons (Fsp3) is 0.467. The molecule has 1 aromatic carbocycles. The lowest BCUT2D eigenvalue weighted by atomic mass is 10.2. The van der Waals surface area contributed by atoms with Gasteiger partial charge in [0.15, 0.2) is 11.5 Å². The number of ether oxygens (including phenoxy) is 2. The maximum Gasteiger partial charge on any atom is 0.180 e. The average molecular weight is 285 g/mol. The molecule has 0 amide bonds. The number of nitrogens with two attached hydrogens (primary N) is 1. The van der Waals surface area contributed by atoms with E-state index in [1.54, 1.807) is 6.08 Å². The summed E-state index contributed by atoms with van der Waals surface area (Å²) in [4.78, 5) is 0. The molecule has 1 aromatic rings. The van der Waals surface area contributed by atoms with Crippen LogP contribution >= 0.6 is 11.6 Å². The highest BCUT2D eigenvalue weighted by Crippen LogP contribution is 2.36. The van der Waals surface area contributed by atoms with Crippen LogP contribution in [0.25, 0.3) is 0 Å². The molecule has 106 valence electrons. The van der Waals surface area contributed by atoms with Crippen molar-refractivity contribution >= 4 is 11.6 Å². The van der Waals surface area contributed by atoms with Gasteiger partial charge >= 0.3 is 0 Å². The molecule has 1 rings (SSSR count). The molecular weight excluding hydrogens is 262 g/mol. The molecule has 4 heteroatoms. The molecule has 2 N–H and O–H groups in total. The Morgan fingerprint density at radius 1 is 1.37 bits per heavy atom. The summed E-state index contributed by atoms with van der Waals surface area (Å²) in [7, 11) is 0. The Kier molecular flexibility index (Phi) is 6.74. The van der Waals surface area contributed by atoms with Gasteiger partial charge in [-0.25, -0.2) is 0 Å². The van der Waals surface area contributed by atoms with Crippen molar-refractivity contribution in [2.75, 3.05) is 13.2 Å². The van der Waals surface area contributed by atoms with Crippen LogP contribution < -0.4 is 14.8 Å². The quantitative estimate of drug-likeness (QED) is 0.745. The third-order valence-electron chi connectivity index (χ3n) is 2.54. The van der Waals surface area contributed by atoms with Crippen LogP contribution in [-0.2, 0) is 6.54 Å². The second-order valence-electron chi connectivity index (χ2n) is 4.62. The van der Waals surface area contributed by atoms with Crippen molar-refractivity contribution in [1.82, 2.24) is 0 Å². The van der Waals surface area contributed by atoms with Crippen molar-refractivity contribution in [2.24, 2.45) is 0 Å². The molecule has 0 bridgehead atoms. The van der Waals surface area contributed by atoms with Gasteiger partial charge in [-0.2, -0.15) is 0 Å². The summed E-state index contributed by atoms with van der Waals surface area (Å²) in [6, 6.07) is 4.47. The van der Waals surface area contributed by atoms with Crippen LogP contribution in [0.1, 0.15) is 26.3 Å². The van der Waals surface area contributed by atoms with E-state index in [1.807, 2.05) is 19.1 Å². The number of benzene rings is 1. The Morgan fingerprint density at radius 3 is 2.68 bits per heavy atom. The lowest BCUT2D eigenvalue weighted by Gasteiger charge is -2.14. The van der Waals surface area contributed by atoms with E-state index in [4.69, 9.17) is 21.1 Å². The van der Waals surface area contributed by atoms with Gasteiger partial charge in [-0.3, -0.25) is 0 Å². The molecule has 0 atom stereocenters. The van der Waals surface area contributed by atoms with Crippen LogP contribution in [0.15, 0.2) is 24.8 Å². The number of halogens is 1. The van der Waals surface area contributed by atoms with E-state index in [2.05, 4.69) is 25.7 Å². The summed E-state index contributed by atoms with van der Waals surface area (Å²) in [5.41, 5.74) is 1.13. The molecule has 0 aliphatic rings. The van der Waals surface area contributed by atoms with Crippen molar-refractivity contribution in [3.05, 3.63) is 35.4 Å². The van der Waals surface area contributed by atoms with Gasteiger partial charge in [-0.1, -0.05) is 24.3 Å². The zero-order chi connectivity index (χ0) is 14.3. The smallest absolute Gasteiger partial charge is 0.180 e. The van der Waals surface area contributed by atoms with E-state index in [9.17, 15) is 0 Å². The van der Waals surface area contributed by atoms with Crippen LogP contribution in [0.5, 0.6) is 11.5 Å². The molecule has 0 saturated heterocycles. The first-order valence-electron chi connectivity index (χ1n) is 6.60. The van der Waals surface area contributed by atoms with E-state index in [-0.39, 0.29) is 0 Å². The molecule has 0 heterocycles. The normalized spacial score (nSPS) is 10.6. The van der Waals surface area contributed by atoms with Gasteiger partial charge in [0.25, 0.3) is 0 Å². The Morgan fingerprint density at radius 2 is 2.11 bits per heavy atom. The predicted molar refractivity (Wildman–Crippen MR) is 79.1 cm³/mol. The predicted octanol–water partition coefficient (Wildman–Crippen LogP) is 2.78. The minimum Gasteiger partial charge on any atom is -0.490 e. The summed E-state index contributed by atoms with van der Waals surface area (Å²) >= 11 is 6.27. The second kappa shape index (κ2) is 8.08. The van der Waals surface area contributed by atoms with Crippen molar-refractivity contribution in [2.45, 2.75) is 33.4 Å². The third kappa shape index (κ3) is 5.13. The van der Waals surface area contributed by atoms with Crippen LogP contribution in [0.4, 0.5) is 0 Å². The molecule has 19 heavy (non-hydrogen) atoms. The number of quaternary nitrogens is 1. The molecule has 0 radical (unpaired) electrons. The number of rotatable bonds is 8.